The predicted molar refractivity (Wildman–Crippen MR) is 122 cm³/mol. The standard InChI is InChI=1S/C23H28N4O3S/c1-5-27(6-2)31(29,30)21-12-7-17(3)22(15-21)23(28)25-20-10-8-19(9-11-20)16-26-14-13-24-18(26)4/h7-15H,5-6,16H2,1-4H3,(H,25,28). The molecule has 3 rings (SSSR count). The van der Waals surface area contributed by atoms with Crippen LogP contribution in [0.5, 0.6) is 0 Å². The molecule has 3 aromatic rings. The van der Waals surface area contributed by atoms with Gasteiger partial charge in [-0.3, -0.25) is 4.79 Å². The first-order valence-electron chi connectivity index (χ1n) is 10.2. The number of carbonyl (C=O) groups is 1. The zero-order chi connectivity index (χ0) is 22.6. The molecular formula is C23H28N4O3S. The number of aryl methyl sites for hydroxylation is 2. The van der Waals surface area contributed by atoms with Gasteiger partial charge in [-0.25, -0.2) is 13.4 Å². The molecule has 1 N–H and O–H groups in total. The summed E-state index contributed by atoms with van der Waals surface area (Å²) in [6, 6.07) is 12.2. The van der Waals surface area contributed by atoms with Crippen LogP contribution >= 0.6 is 0 Å². The highest BCUT2D eigenvalue weighted by atomic mass is 32.2. The second-order valence-corrected chi connectivity index (χ2v) is 9.26. The molecule has 0 unspecified atom stereocenters. The van der Waals surface area contributed by atoms with E-state index in [4.69, 9.17) is 0 Å². The Labute approximate surface area is 183 Å². The van der Waals surface area contributed by atoms with E-state index < -0.39 is 10.0 Å². The minimum absolute atomic E-state index is 0.123. The molecule has 0 bridgehead atoms. The van der Waals surface area contributed by atoms with Gasteiger partial charge in [0, 0.05) is 43.3 Å². The van der Waals surface area contributed by atoms with Gasteiger partial charge in [0.25, 0.3) is 5.91 Å². The third-order valence-electron chi connectivity index (χ3n) is 5.29. The van der Waals surface area contributed by atoms with E-state index in [-0.39, 0.29) is 10.8 Å². The summed E-state index contributed by atoms with van der Waals surface area (Å²) in [5, 5.41) is 2.87. The lowest BCUT2D eigenvalue weighted by Gasteiger charge is -2.19. The van der Waals surface area contributed by atoms with Gasteiger partial charge < -0.3 is 9.88 Å². The lowest BCUT2D eigenvalue weighted by Crippen LogP contribution is -2.30. The van der Waals surface area contributed by atoms with Crippen molar-refractivity contribution < 1.29 is 13.2 Å². The number of amides is 1. The lowest BCUT2D eigenvalue weighted by atomic mass is 10.1. The summed E-state index contributed by atoms with van der Waals surface area (Å²) in [6.45, 7) is 8.77. The van der Waals surface area contributed by atoms with Crippen LogP contribution in [-0.2, 0) is 16.6 Å². The quantitative estimate of drug-likeness (QED) is 0.577. The molecule has 7 nitrogen and oxygen atoms in total. The van der Waals surface area contributed by atoms with E-state index >= 15 is 0 Å². The molecule has 0 saturated carbocycles. The van der Waals surface area contributed by atoms with E-state index in [2.05, 4.69) is 10.3 Å². The number of sulfonamides is 1. The lowest BCUT2D eigenvalue weighted by molar-refractivity contribution is 0.102. The predicted octanol–water partition coefficient (Wildman–Crippen LogP) is 3.83. The number of rotatable bonds is 8. The summed E-state index contributed by atoms with van der Waals surface area (Å²) in [6.07, 6.45) is 3.69. The van der Waals surface area contributed by atoms with E-state index in [1.165, 1.54) is 10.4 Å². The van der Waals surface area contributed by atoms with Crippen LogP contribution in [0.2, 0.25) is 0 Å². The number of aromatic nitrogens is 2. The molecule has 0 aliphatic carbocycles. The van der Waals surface area contributed by atoms with E-state index in [9.17, 15) is 13.2 Å². The molecule has 0 fully saturated rings. The summed E-state index contributed by atoms with van der Waals surface area (Å²) in [7, 11) is -3.64. The van der Waals surface area contributed by atoms with Crippen molar-refractivity contribution in [1.29, 1.82) is 0 Å². The largest absolute Gasteiger partial charge is 0.331 e. The highest BCUT2D eigenvalue weighted by molar-refractivity contribution is 7.89. The number of nitrogens with zero attached hydrogens (tertiary/aromatic N) is 3. The average molecular weight is 441 g/mol. The second kappa shape index (κ2) is 9.45. The van der Waals surface area contributed by atoms with Crippen LogP contribution in [-0.4, -0.2) is 41.3 Å². The molecule has 8 heteroatoms. The third-order valence-corrected chi connectivity index (χ3v) is 7.33. The minimum atomic E-state index is -3.64. The maximum Gasteiger partial charge on any atom is 0.255 e. The highest BCUT2D eigenvalue weighted by Gasteiger charge is 2.23. The summed E-state index contributed by atoms with van der Waals surface area (Å²) < 4.78 is 29.1. The van der Waals surface area contributed by atoms with Gasteiger partial charge in [0.2, 0.25) is 10.0 Å². The molecule has 1 aromatic heterocycles. The van der Waals surface area contributed by atoms with Crippen molar-refractivity contribution in [2.24, 2.45) is 0 Å². The molecule has 0 spiro atoms. The number of carbonyl (C=O) groups excluding carboxylic acids is 1. The molecule has 0 atom stereocenters. The van der Waals surface area contributed by atoms with Crippen molar-refractivity contribution in [1.82, 2.24) is 13.9 Å². The molecule has 0 radical (unpaired) electrons. The fourth-order valence-corrected chi connectivity index (χ4v) is 4.86. The first-order chi connectivity index (χ1) is 14.8. The van der Waals surface area contributed by atoms with E-state index in [1.807, 2.05) is 42.0 Å². The maximum atomic E-state index is 12.9. The van der Waals surface area contributed by atoms with Crippen LogP contribution in [0.25, 0.3) is 0 Å². The van der Waals surface area contributed by atoms with Gasteiger partial charge in [0.15, 0.2) is 0 Å². The Morgan fingerprint density at radius 3 is 2.32 bits per heavy atom. The van der Waals surface area contributed by atoms with Crippen molar-refractivity contribution in [2.75, 3.05) is 18.4 Å². The highest BCUT2D eigenvalue weighted by Crippen LogP contribution is 2.21. The van der Waals surface area contributed by atoms with Crippen LogP contribution in [0.4, 0.5) is 5.69 Å². The van der Waals surface area contributed by atoms with E-state index in [1.54, 1.807) is 39.1 Å². The Kier molecular flexibility index (Phi) is 6.92. The second-order valence-electron chi connectivity index (χ2n) is 7.32. The minimum Gasteiger partial charge on any atom is -0.331 e. The Hall–Kier alpha value is -2.97. The van der Waals surface area contributed by atoms with Crippen molar-refractivity contribution in [3.8, 4) is 0 Å². The van der Waals surface area contributed by atoms with Gasteiger partial charge in [-0.2, -0.15) is 4.31 Å². The first-order valence-corrected chi connectivity index (χ1v) is 11.7. The Balaban J connectivity index is 1.78. The van der Waals surface area contributed by atoms with Crippen LogP contribution in [0.3, 0.4) is 0 Å². The van der Waals surface area contributed by atoms with Crippen molar-refractivity contribution >= 4 is 21.6 Å². The zero-order valence-corrected chi connectivity index (χ0v) is 19.1. The van der Waals surface area contributed by atoms with Crippen molar-refractivity contribution in [3.05, 3.63) is 77.4 Å². The van der Waals surface area contributed by atoms with E-state index in [0.29, 0.717) is 36.4 Å². The zero-order valence-electron chi connectivity index (χ0n) is 18.3. The van der Waals surface area contributed by atoms with Gasteiger partial charge in [-0.15, -0.1) is 0 Å². The molecule has 0 aliphatic rings. The number of anilines is 1. The fourth-order valence-electron chi connectivity index (χ4n) is 3.38. The third kappa shape index (κ3) is 5.03. The van der Waals surface area contributed by atoms with Gasteiger partial charge >= 0.3 is 0 Å². The van der Waals surface area contributed by atoms with Gasteiger partial charge in [-0.1, -0.05) is 32.0 Å². The van der Waals surface area contributed by atoms with E-state index in [0.717, 1.165) is 11.4 Å². The van der Waals surface area contributed by atoms with Crippen LogP contribution < -0.4 is 5.32 Å². The number of imidazole rings is 1. The maximum absolute atomic E-state index is 12.9. The summed E-state index contributed by atoms with van der Waals surface area (Å²) >= 11 is 0. The van der Waals surface area contributed by atoms with Crippen LogP contribution in [0.15, 0.2) is 59.8 Å². The molecule has 1 amide bonds. The molecule has 31 heavy (non-hydrogen) atoms. The number of nitrogens with one attached hydrogen (secondary N) is 1. The van der Waals surface area contributed by atoms with Gasteiger partial charge in [-0.05, 0) is 49.2 Å². The van der Waals surface area contributed by atoms with Crippen molar-refractivity contribution in [3.63, 3.8) is 0 Å². The van der Waals surface area contributed by atoms with Crippen LogP contribution in [0, 0.1) is 13.8 Å². The fraction of sp³-hybridized carbons (Fsp3) is 0.304. The summed E-state index contributed by atoms with van der Waals surface area (Å²) in [4.78, 5) is 17.2. The Morgan fingerprint density at radius 2 is 1.74 bits per heavy atom. The molecular weight excluding hydrogens is 412 g/mol. The normalized spacial score (nSPS) is 11.6. The van der Waals surface area contributed by atoms with Crippen molar-refractivity contribution in [2.45, 2.75) is 39.1 Å². The number of benzene rings is 2. The van der Waals surface area contributed by atoms with Gasteiger partial charge in [0.1, 0.15) is 5.82 Å². The summed E-state index contributed by atoms with van der Waals surface area (Å²) in [5.41, 5.74) is 2.78. The average Bonchev–Trinajstić information content (AvgIpc) is 3.14. The smallest absolute Gasteiger partial charge is 0.255 e. The summed E-state index contributed by atoms with van der Waals surface area (Å²) in [5.74, 6) is 0.597. The Morgan fingerprint density at radius 1 is 1.06 bits per heavy atom. The molecule has 1 heterocycles. The molecule has 0 aliphatic heterocycles. The first kappa shape index (κ1) is 22.7. The SMILES string of the molecule is CCN(CC)S(=O)(=O)c1ccc(C)c(C(=O)Nc2ccc(Cn3ccnc3C)cc2)c1. The molecule has 164 valence electrons. The topological polar surface area (TPSA) is 84.3 Å². The monoisotopic (exact) mass is 440 g/mol. The molecule has 0 saturated heterocycles. The molecule has 2 aromatic carbocycles. The Bertz CT molecular complexity index is 1160. The number of hydrogen-bond acceptors (Lipinski definition) is 4. The number of hydrogen-bond donors (Lipinski definition) is 1. The van der Waals surface area contributed by atoms with Gasteiger partial charge in [0.05, 0.1) is 4.90 Å². The van der Waals surface area contributed by atoms with Crippen LogP contribution in [0.1, 0.15) is 41.2 Å².